The Labute approximate surface area is 109 Å². The Morgan fingerprint density at radius 1 is 1.28 bits per heavy atom. The predicted octanol–water partition coefficient (Wildman–Crippen LogP) is -0.210. The normalized spacial score (nSPS) is 15.5. The van der Waals surface area contributed by atoms with E-state index < -0.39 is 21.2 Å². The van der Waals surface area contributed by atoms with Crippen LogP contribution in [0.25, 0.3) is 0 Å². The molecule has 0 unspecified atom stereocenters. The number of carbonyl (C=O) groups is 1. The van der Waals surface area contributed by atoms with Gasteiger partial charge in [0, 0.05) is 26.7 Å². The van der Waals surface area contributed by atoms with Crippen molar-refractivity contribution < 1.29 is 18.3 Å². The van der Waals surface area contributed by atoms with Crippen LogP contribution in [0.1, 0.15) is 27.2 Å². The Hall–Kier alpha value is -0.660. The SMILES string of the molecule is CC(C)[C@@H](CCO)NS(=O)(=O)[C@@H](C)C(=O)N(C)C. The molecule has 7 heteroatoms. The Morgan fingerprint density at radius 2 is 1.78 bits per heavy atom. The van der Waals surface area contributed by atoms with Crippen LogP contribution in [0.4, 0.5) is 0 Å². The van der Waals surface area contributed by atoms with Crippen molar-refractivity contribution in [2.45, 2.75) is 38.5 Å². The second-order valence-electron chi connectivity index (χ2n) is 4.90. The van der Waals surface area contributed by atoms with Gasteiger partial charge in [0.2, 0.25) is 15.9 Å². The molecule has 0 fully saturated rings. The van der Waals surface area contributed by atoms with E-state index in [0.717, 1.165) is 0 Å². The number of hydrogen-bond donors (Lipinski definition) is 2. The average molecular weight is 280 g/mol. The Kier molecular flexibility index (Phi) is 6.80. The standard InChI is InChI=1S/C11H24N2O4S/c1-8(2)10(6-7-14)12-18(16,17)9(3)11(15)13(4)5/h8-10,12,14H,6-7H2,1-5H3/t9-,10+/m0/s1. The molecule has 0 aromatic rings. The fourth-order valence-corrected chi connectivity index (χ4v) is 2.97. The molecule has 6 nitrogen and oxygen atoms in total. The van der Waals surface area contributed by atoms with E-state index in [1.165, 1.54) is 25.9 Å². The van der Waals surface area contributed by atoms with E-state index in [0.29, 0.717) is 6.42 Å². The Morgan fingerprint density at radius 3 is 2.11 bits per heavy atom. The van der Waals surface area contributed by atoms with Gasteiger partial charge in [0.25, 0.3) is 0 Å². The molecule has 0 heterocycles. The second kappa shape index (κ2) is 7.06. The minimum absolute atomic E-state index is 0.0496. The molecule has 0 aromatic carbocycles. The van der Waals surface area contributed by atoms with Gasteiger partial charge in [0.15, 0.2) is 5.25 Å². The number of rotatable bonds is 7. The maximum absolute atomic E-state index is 12.0. The van der Waals surface area contributed by atoms with Crippen molar-refractivity contribution in [2.75, 3.05) is 20.7 Å². The van der Waals surface area contributed by atoms with Gasteiger partial charge >= 0.3 is 0 Å². The zero-order valence-corrected chi connectivity index (χ0v) is 12.5. The topological polar surface area (TPSA) is 86.7 Å². The van der Waals surface area contributed by atoms with Crippen LogP contribution in [0.5, 0.6) is 0 Å². The molecule has 1 amide bonds. The molecule has 108 valence electrons. The number of nitrogens with one attached hydrogen (secondary N) is 1. The third-order valence-electron chi connectivity index (χ3n) is 2.81. The first-order valence-corrected chi connectivity index (χ1v) is 7.51. The highest BCUT2D eigenvalue weighted by molar-refractivity contribution is 7.90. The van der Waals surface area contributed by atoms with E-state index in [2.05, 4.69) is 4.72 Å². The van der Waals surface area contributed by atoms with E-state index >= 15 is 0 Å². The van der Waals surface area contributed by atoms with Crippen molar-refractivity contribution in [3.8, 4) is 0 Å². The summed E-state index contributed by atoms with van der Waals surface area (Å²) in [6, 6.07) is -0.364. The number of sulfonamides is 1. The lowest BCUT2D eigenvalue weighted by Gasteiger charge is -2.24. The first-order valence-electron chi connectivity index (χ1n) is 5.96. The molecular weight excluding hydrogens is 256 g/mol. The smallest absolute Gasteiger partial charge is 0.241 e. The zero-order chi connectivity index (χ0) is 14.5. The summed E-state index contributed by atoms with van der Waals surface area (Å²) in [6.07, 6.45) is 0.333. The first-order chi connectivity index (χ1) is 8.13. The fourth-order valence-electron chi connectivity index (χ4n) is 1.48. The lowest BCUT2D eigenvalue weighted by molar-refractivity contribution is -0.127. The largest absolute Gasteiger partial charge is 0.396 e. The van der Waals surface area contributed by atoms with Crippen LogP contribution in [0.3, 0.4) is 0 Å². The van der Waals surface area contributed by atoms with Crippen LogP contribution in [0, 0.1) is 5.92 Å². The molecule has 0 aromatic heterocycles. The molecule has 2 atom stereocenters. The molecular formula is C11H24N2O4S. The number of hydrogen-bond acceptors (Lipinski definition) is 4. The van der Waals surface area contributed by atoms with Gasteiger partial charge in [-0.2, -0.15) is 0 Å². The van der Waals surface area contributed by atoms with Crippen LogP contribution < -0.4 is 4.72 Å². The molecule has 0 rings (SSSR count). The minimum Gasteiger partial charge on any atom is -0.396 e. The van der Waals surface area contributed by atoms with Crippen molar-refractivity contribution >= 4 is 15.9 Å². The number of nitrogens with zero attached hydrogens (tertiary/aromatic N) is 1. The van der Waals surface area contributed by atoms with Crippen molar-refractivity contribution in [1.82, 2.24) is 9.62 Å². The summed E-state index contributed by atoms with van der Waals surface area (Å²) >= 11 is 0. The van der Waals surface area contributed by atoms with Crippen molar-refractivity contribution in [1.29, 1.82) is 0 Å². The van der Waals surface area contributed by atoms with Gasteiger partial charge in [-0.15, -0.1) is 0 Å². The van der Waals surface area contributed by atoms with Crippen molar-refractivity contribution in [3.05, 3.63) is 0 Å². The Balaban J connectivity index is 4.88. The summed E-state index contributed by atoms with van der Waals surface area (Å²) in [6.45, 7) is 4.99. The molecule has 0 saturated heterocycles. The second-order valence-corrected chi connectivity index (χ2v) is 6.93. The predicted molar refractivity (Wildman–Crippen MR) is 70.5 cm³/mol. The highest BCUT2D eigenvalue weighted by Crippen LogP contribution is 2.10. The van der Waals surface area contributed by atoms with Gasteiger partial charge in [0.1, 0.15) is 0 Å². The van der Waals surface area contributed by atoms with Crippen molar-refractivity contribution in [3.63, 3.8) is 0 Å². The average Bonchev–Trinajstić information content (AvgIpc) is 2.25. The summed E-state index contributed by atoms with van der Waals surface area (Å²) in [5.74, 6) is -0.414. The zero-order valence-electron chi connectivity index (χ0n) is 11.7. The number of aliphatic hydroxyl groups is 1. The van der Waals surface area contributed by atoms with E-state index in [1.54, 1.807) is 0 Å². The molecule has 0 radical (unpaired) electrons. The van der Waals surface area contributed by atoms with Gasteiger partial charge in [-0.3, -0.25) is 4.79 Å². The highest BCUT2D eigenvalue weighted by atomic mass is 32.2. The number of carbonyl (C=O) groups excluding carboxylic acids is 1. The van der Waals surface area contributed by atoms with Gasteiger partial charge in [-0.25, -0.2) is 13.1 Å². The molecule has 0 aliphatic rings. The van der Waals surface area contributed by atoms with E-state index in [1.807, 2.05) is 13.8 Å². The highest BCUT2D eigenvalue weighted by Gasteiger charge is 2.31. The maximum Gasteiger partial charge on any atom is 0.241 e. The van der Waals surface area contributed by atoms with Crippen LogP contribution in [-0.2, 0) is 14.8 Å². The monoisotopic (exact) mass is 280 g/mol. The van der Waals surface area contributed by atoms with E-state index in [-0.39, 0.29) is 18.6 Å². The van der Waals surface area contributed by atoms with Crippen LogP contribution >= 0.6 is 0 Å². The summed E-state index contributed by atoms with van der Waals surface area (Å²) in [5, 5.41) is 7.78. The number of amides is 1. The van der Waals surface area contributed by atoms with Crippen LogP contribution in [0.2, 0.25) is 0 Å². The van der Waals surface area contributed by atoms with Crippen molar-refractivity contribution in [2.24, 2.45) is 5.92 Å². The third-order valence-corrected chi connectivity index (χ3v) is 4.58. The minimum atomic E-state index is -3.72. The molecule has 18 heavy (non-hydrogen) atoms. The number of aliphatic hydroxyl groups excluding tert-OH is 1. The fraction of sp³-hybridized carbons (Fsp3) is 0.909. The van der Waals surface area contributed by atoms with E-state index in [4.69, 9.17) is 5.11 Å². The summed E-state index contributed by atoms with van der Waals surface area (Å²) in [4.78, 5) is 12.9. The lowest BCUT2D eigenvalue weighted by Crippen LogP contribution is -2.48. The van der Waals surface area contributed by atoms with Gasteiger partial charge in [-0.05, 0) is 19.3 Å². The van der Waals surface area contributed by atoms with Crippen LogP contribution in [-0.4, -0.2) is 56.3 Å². The molecule has 0 aliphatic heterocycles. The molecule has 0 spiro atoms. The Bertz CT molecular complexity index is 365. The summed E-state index contributed by atoms with van der Waals surface area (Å²) in [5.41, 5.74) is 0. The van der Waals surface area contributed by atoms with Crippen LogP contribution in [0.15, 0.2) is 0 Å². The van der Waals surface area contributed by atoms with E-state index in [9.17, 15) is 13.2 Å². The molecule has 0 saturated carbocycles. The van der Waals surface area contributed by atoms with Gasteiger partial charge in [0.05, 0.1) is 0 Å². The lowest BCUT2D eigenvalue weighted by atomic mass is 10.0. The molecule has 2 N–H and O–H groups in total. The van der Waals surface area contributed by atoms with Gasteiger partial charge in [-0.1, -0.05) is 13.8 Å². The summed E-state index contributed by atoms with van der Waals surface area (Å²) < 4.78 is 26.5. The molecule has 0 aliphatic carbocycles. The first kappa shape index (κ1) is 17.3. The third kappa shape index (κ3) is 4.91. The van der Waals surface area contributed by atoms with Gasteiger partial charge < -0.3 is 10.0 Å². The quantitative estimate of drug-likeness (QED) is 0.675. The summed E-state index contributed by atoms with van der Waals surface area (Å²) in [7, 11) is -0.692. The maximum atomic E-state index is 12.0. The molecule has 0 bridgehead atoms.